The lowest BCUT2D eigenvalue weighted by Crippen LogP contribution is -2.05. The first-order valence-corrected chi connectivity index (χ1v) is 11.0. The van der Waals surface area contributed by atoms with Gasteiger partial charge >= 0.3 is 0 Å². The summed E-state index contributed by atoms with van der Waals surface area (Å²) in [5.74, 6) is -1.23. The molecule has 0 spiro atoms. The van der Waals surface area contributed by atoms with E-state index in [4.69, 9.17) is 16.3 Å². The highest BCUT2D eigenvalue weighted by Gasteiger charge is 2.22. The lowest BCUT2D eigenvalue weighted by Gasteiger charge is -2.20. The molecule has 4 aromatic heterocycles. The van der Waals surface area contributed by atoms with Crippen LogP contribution in [-0.2, 0) is 0 Å². The maximum absolute atomic E-state index is 15.2. The topological polar surface area (TPSA) is 72.8 Å². The number of ether oxygens (including phenoxy) is 1. The minimum Gasteiger partial charge on any atom is -0.491 e. The van der Waals surface area contributed by atoms with Crippen molar-refractivity contribution in [2.24, 2.45) is 0 Å². The maximum atomic E-state index is 15.2. The second-order valence-corrected chi connectivity index (χ2v) is 8.05. The fraction of sp³-hybridized carbons (Fsp3) is 0.0769. The Kier molecular flexibility index (Phi) is 5.96. The smallest absolute Gasteiger partial charge is 0.180 e. The number of rotatable bonds is 5. The molecule has 0 fully saturated rings. The van der Waals surface area contributed by atoms with Crippen LogP contribution in [0.25, 0.3) is 33.4 Å². The van der Waals surface area contributed by atoms with Crippen molar-refractivity contribution in [2.75, 3.05) is 12.4 Å². The van der Waals surface area contributed by atoms with Crippen molar-refractivity contribution in [1.29, 1.82) is 0 Å². The molecule has 0 atom stereocenters. The number of hydrogen-bond donors (Lipinski definition) is 1. The average molecular weight is 490 g/mol. The molecule has 1 aromatic carbocycles. The molecule has 0 unspecified atom stereocenters. The molecular formula is C26H18ClF2N5O. The van der Waals surface area contributed by atoms with Crippen molar-refractivity contribution < 1.29 is 13.5 Å². The summed E-state index contributed by atoms with van der Waals surface area (Å²) in [7, 11) is 1.47. The Bertz CT molecular complexity index is 1550. The van der Waals surface area contributed by atoms with Gasteiger partial charge in [-0.25, -0.2) is 18.7 Å². The number of pyridine rings is 4. The van der Waals surface area contributed by atoms with Gasteiger partial charge in [0, 0.05) is 53.6 Å². The predicted molar refractivity (Wildman–Crippen MR) is 132 cm³/mol. The number of nitrogens with zero attached hydrogens (tertiary/aromatic N) is 4. The van der Waals surface area contributed by atoms with Crippen LogP contribution < -0.4 is 10.1 Å². The highest BCUT2D eigenvalue weighted by Crippen LogP contribution is 2.44. The Labute approximate surface area is 204 Å². The van der Waals surface area contributed by atoms with E-state index >= 15 is 4.39 Å². The fourth-order valence-electron chi connectivity index (χ4n) is 3.96. The highest BCUT2D eigenvalue weighted by atomic mass is 35.5. The summed E-state index contributed by atoms with van der Waals surface area (Å²) in [6.07, 6.45) is 6.54. The number of fused-ring (bicyclic) bond motifs is 1. The Morgan fingerprint density at radius 3 is 2.54 bits per heavy atom. The van der Waals surface area contributed by atoms with Gasteiger partial charge < -0.3 is 10.1 Å². The Hall–Kier alpha value is -4.17. The van der Waals surface area contributed by atoms with Gasteiger partial charge in [-0.2, -0.15) is 0 Å². The number of anilines is 2. The third-order valence-corrected chi connectivity index (χ3v) is 5.84. The summed E-state index contributed by atoms with van der Waals surface area (Å²) >= 11 is 6.35. The van der Waals surface area contributed by atoms with Gasteiger partial charge in [-0.15, -0.1) is 0 Å². The van der Waals surface area contributed by atoms with E-state index in [-0.39, 0.29) is 21.8 Å². The number of halogens is 3. The summed E-state index contributed by atoms with van der Waals surface area (Å²) in [5, 5.41) is 3.55. The van der Waals surface area contributed by atoms with Gasteiger partial charge in [-0.3, -0.25) is 9.97 Å². The number of aromatic nitrogens is 4. The molecule has 174 valence electrons. The highest BCUT2D eigenvalue weighted by molar-refractivity contribution is 6.31. The van der Waals surface area contributed by atoms with Crippen molar-refractivity contribution >= 4 is 33.9 Å². The van der Waals surface area contributed by atoms with Gasteiger partial charge in [0.25, 0.3) is 0 Å². The van der Waals surface area contributed by atoms with Gasteiger partial charge in [0.2, 0.25) is 0 Å². The molecule has 0 saturated carbocycles. The van der Waals surface area contributed by atoms with E-state index in [9.17, 15) is 4.39 Å². The van der Waals surface area contributed by atoms with E-state index in [1.807, 2.05) is 12.1 Å². The summed E-state index contributed by atoms with van der Waals surface area (Å²) in [5.41, 5.74) is 3.98. The van der Waals surface area contributed by atoms with Crippen molar-refractivity contribution in [3.05, 3.63) is 89.6 Å². The first-order valence-electron chi connectivity index (χ1n) is 10.6. The van der Waals surface area contributed by atoms with E-state index < -0.39 is 11.6 Å². The molecule has 0 bridgehead atoms. The van der Waals surface area contributed by atoms with Crippen LogP contribution in [0.4, 0.5) is 20.2 Å². The van der Waals surface area contributed by atoms with Crippen LogP contribution in [0.2, 0.25) is 5.15 Å². The molecule has 0 saturated heterocycles. The van der Waals surface area contributed by atoms with E-state index in [0.717, 1.165) is 11.6 Å². The van der Waals surface area contributed by atoms with Crippen LogP contribution in [0, 0.1) is 18.6 Å². The molecule has 0 aliphatic heterocycles. The second-order valence-electron chi connectivity index (χ2n) is 7.69. The summed E-state index contributed by atoms with van der Waals surface area (Å²) in [4.78, 5) is 17.3. The fourth-order valence-corrected chi connectivity index (χ4v) is 4.18. The summed E-state index contributed by atoms with van der Waals surface area (Å²) in [6.45, 7) is 1.79. The van der Waals surface area contributed by atoms with Crippen molar-refractivity contribution in [1.82, 2.24) is 19.9 Å². The Morgan fingerprint density at radius 2 is 1.83 bits per heavy atom. The maximum Gasteiger partial charge on any atom is 0.180 e. The summed E-state index contributed by atoms with van der Waals surface area (Å²) < 4.78 is 34.9. The van der Waals surface area contributed by atoms with Gasteiger partial charge in [-0.05, 0) is 25.1 Å². The molecule has 6 nitrogen and oxygen atoms in total. The van der Waals surface area contributed by atoms with Crippen LogP contribution in [-0.4, -0.2) is 27.0 Å². The normalized spacial score (nSPS) is 11.0. The SMILES string of the molecule is COc1c(Cl)ncc(-c2cccnc2)c1Nc1c(C)c(-c2ccccn2)nc2cc(F)cc(F)c12. The standard InChI is InChI=1S/C26H18ClF2N5O/c1-14-22(19-7-3-4-9-31-19)33-20-11-16(28)10-18(29)21(20)23(14)34-24-17(15-6-5-8-30-12-15)13-32-26(27)25(24)35-2/h3-13H,1-2H3,(H,32,33,34). The first-order chi connectivity index (χ1) is 17.0. The lowest BCUT2D eigenvalue weighted by atomic mass is 10.0. The minimum atomic E-state index is -0.757. The third kappa shape index (κ3) is 4.13. The van der Waals surface area contributed by atoms with E-state index in [2.05, 4.69) is 25.3 Å². The molecule has 0 amide bonds. The number of methoxy groups -OCH3 is 1. The molecule has 0 aliphatic carbocycles. The van der Waals surface area contributed by atoms with Crippen LogP contribution in [0.1, 0.15) is 5.56 Å². The molecule has 1 N–H and O–H groups in total. The molecule has 9 heteroatoms. The van der Waals surface area contributed by atoms with Gasteiger partial charge in [0.05, 0.1) is 40.8 Å². The predicted octanol–water partition coefficient (Wildman–Crippen LogP) is 6.75. The largest absolute Gasteiger partial charge is 0.491 e. The first kappa shape index (κ1) is 22.6. The van der Waals surface area contributed by atoms with Crippen LogP contribution in [0.5, 0.6) is 5.75 Å². The molecule has 0 radical (unpaired) electrons. The Morgan fingerprint density at radius 1 is 0.971 bits per heavy atom. The zero-order chi connectivity index (χ0) is 24.5. The van der Waals surface area contributed by atoms with Crippen LogP contribution in [0.15, 0.2) is 67.3 Å². The zero-order valence-electron chi connectivity index (χ0n) is 18.7. The molecule has 35 heavy (non-hydrogen) atoms. The van der Waals surface area contributed by atoms with E-state index in [1.165, 1.54) is 13.2 Å². The molecule has 0 aliphatic rings. The second kappa shape index (κ2) is 9.23. The minimum absolute atomic E-state index is 0.120. The van der Waals surface area contributed by atoms with Gasteiger partial charge in [0.1, 0.15) is 11.6 Å². The monoisotopic (exact) mass is 489 g/mol. The number of hydrogen-bond acceptors (Lipinski definition) is 6. The lowest BCUT2D eigenvalue weighted by molar-refractivity contribution is 0.415. The average Bonchev–Trinajstić information content (AvgIpc) is 2.86. The molecule has 4 heterocycles. The van der Waals surface area contributed by atoms with Gasteiger partial charge in [-0.1, -0.05) is 23.7 Å². The molecular weight excluding hydrogens is 472 g/mol. The van der Waals surface area contributed by atoms with E-state index in [1.54, 1.807) is 49.9 Å². The summed E-state index contributed by atoms with van der Waals surface area (Å²) in [6, 6.07) is 11.0. The quantitative estimate of drug-likeness (QED) is 0.275. The zero-order valence-corrected chi connectivity index (χ0v) is 19.4. The number of benzene rings is 1. The van der Waals surface area contributed by atoms with Crippen molar-refractivity contribution in [3.63, 3.8) is 0 Å². The third-order valence-electron chi connectivity index (χ3n) is 5.57. The molecule has 5 rings (SSSR count). The Balaban J connectivity index is 1.82. The molecule has 5 aromatic rings. The van der Waals surface area contributed by atoms with Crippen molar-refractivity contribution in [3.8, 4) is 28.3 Å². The van der Waals surface area contributed by atoms with Crippen LogP contribution >= 0.6 is 11.6 Å². The van der Waals surface area contributed by atoms with Crippen LogP contribution in [0.3, 0.4) is 0 Å². The van der Waals surface area contributed by atoms with Gasteiger partial charge in [0.15, 0.2) is 10.9 Å². The number of nitrogens with one attached hydrogen (secondary N) is 1. The van der Waals surface area contributed by atoms with Crippen molar-refractivity contribution in [2.45, 2.75) is 6.92 Å². The van der Waals surface area contributed by atoms with E-state index in [0.29, 0.717) is 33.9 Å².